The summed E-state index contributed by atoms with van der Waals surface area (Å²) in [7, 11) is 0. The summed E-state index contributed by atoms with van der Waals surface area (Å²) in [6.07, 6.45) is 4.75. The predicted molar refractivity (Wildman–Crippen MR) is 73.6 cm³/mol. The van der Waals surface area contributed by atoms with E-state index in [1.165, 1.54) is 4.90 Å². The Bertz CT molecular complexity index is 559. The van der Waals surface area contributed by atoms with Crippen LogP contribution in [0.25, 0.3) is 0 Å². The number of nitrogens with zero attached hydrogens (tertiary/aromatic N) is 1. The van der Waals surface area contributed by atoms with E-state index in [0.29, 0.717) is 12.1 Å². The van der Waals surface area contributed by atoms with Gasteiger partial charge in [0, 0.05) is 0 Å². The van der Waals surface area contributed by atoms with E-state index in [-0.39, 0.29) is 29.6 Å². The number of amides is 2. The monoisotopic (exact) mass is 255 g/mol. The topological polar surface area (TPSA) is 37.4 Å². The van der Waals surface area contributed by atoms with Gasteiger partial charge in [0.05, 0.1) is 17.5 Å². The molecule has 1 aliphatic heterocycles. The molecule has 2 amide bonds. The summed E-state index contributed by atoms with van der Waals surface area (Å²) < 4.78 is 0. The summed E-state index contributed by atoms with van der Waals surface area (Å²) in [5, 5.41) is 0. The number of allylic oxidation sites excluding steroid dienone is 2. The van der Waals surface area contributed by atoms with Gasteiger partial charge in [-0.05, 0) is 31.4 Å². The summed E-state index contributed by atoms with van der Waals surface area (Å²) in [6.45, 7) is 4.00. The number of imide groups is 1. The van der Waals surface area contributed by atoms with Crippen molar-refractivity contribution in [2.24, 2.45) is 17.8 Å². The molecule has 0 N–H and O–H groups in total. The largest absolute Gasteiger partial charge is 0.274 e. The molecule has 0 saturated carbocycles. The van der Waals surface area contributed by atoms with Crippen LogP contribution in [0.3, 0.4) is 0 Å². The molecule has 1 fully saturated rings. The van der Waals surface area contributed by atoms with Crippen molar-refractivity contribution in [2.75, 3.05) is 4.90 Å². The highest BCUT2D eigenvalue weighted by molar-refractivity contribution is 6.22. The smallest absolute Gasteiger partial charge is 0.238 e. The zero-order valence-corrected chi connectivity index (χ0v) is 11.2. The molecule has 1 heterocycles. The lowest BCUT2D eigenvalue weighted by molar-refractivity contribution is -0.122. The molecule has 1 aromatic carbocycles. The molecular weight excluding hydrogens is 238 g/mol. The Kier molecular flexibility index (Phi) is 2.77. The molecule has 98 valence electrons. The maximum Gasteiger partial charge on any atom is 0.238 e. The molecule has 0 bridgehead atoms. The number of aryl methyl sites for hydroxylation is 1. The molecule has 3 rings (SSSR count). The molecule has 1 aliphatic carbocycles. The minimum absolute atomic E-state index is 0.0456. The van der Waals surface area contributed by atoms with Gasteiger partial charge in [0.2, 0.25) is 11.8 Å². The van der Waals surface area contributed by atoms with Gasteiger partial charge in [-0.25, -0.2) is 0 Å². The van der Waals surface area contributed by atoms with Gasteiger partial charge in [0.25, 0.3) is 0 Å². The molecule has 1 aromatic rings. The van der Waals surface area contributed by atoms with Crippen molar-refractivity contribution in [3.05, 3.63) is 42.0 Å². The van der Waals surface area contributed by atoms with Crippen LogP contribution in [-0.4, -0.2) is 11.8 Å². The minimum atomic E-state index is -0.182. The van der Waals surface area contributed by atoms with Crippen LogP contribution in [0.1, 0.15) is 18.9 Å². The number of rotatable bonds is 1. The van der Waals surface area contributed by atoms with Crippen molar-refractivity contribution in [3.63, 3.8) is 0 Å². The van der Waals surface area contributed by atoms with Gasteiger partial charge < -0.3 is 0 Å². The van der Waals surface area contributed by atoms with Crippen LogP contribution in [-0.2, 0) is 9.59 Å². The van der Waals surface area contributed by atoms with E-state index in [1.54, 1.807) is 0 Å². The van der Waals surface area contributed by atoms with E-state index in [4.69, 9.17) is 0 Å². The van der Waals surface area contributed by atoms with Gasteiger partial charge >= 0.3 is 0 Å². The SMILES string of the molecule is Cc1ccc(N2C(=O)C3CC=CC(C)C3C2=O)cc1. The van der Waals surface area contributed by atoms with Gasteiger partial charge in [-0.2, -0.15) is 0 Å². The minimum Gasteiger partial charge on any atom is -0.274 e. The highest BCUT2D eigenvalue weighted by Gasteiger charge is 2.50. The fourth-order valence-corrected chi connectivity index (χ4v) is 3.10. The highest BCUT2D eigenvalue weighted by Crippen LogP contribution is 2.40. The van der Waals surface area contributed by atoms with E-state index in [1.807, 2.05) is 50.3 Å². The Morgan fingerprint density at radius 3 is 2.42 bits per heavy atom. The summed E-state index contributed by atoms with van der Waals surface area (Å²) in [6, 6.07) is 7.56. The zero-order valence-electron chi connectivity index (χ0n) is 11.2. The first-order valence-corrected chi connectivity index (χ1v) is 6.70. The molecule has 19 heavy (non-hydrogen) atoms. The second-order valence-electron chi connectivity index (χ2n) is 5.50. The number of carbonyl (C=O) groups is 2. The van der Waals surface area contributed by atoms with E-state index in [0.717, 1.165) is 5.56 Å². The van der Waals surface area contributed by atoms with Gasteiger partial charge in [-0.3, -0.25) is 14.5 Å². The highest BCUT2D eigenvalue weighted by atomic mass is 16.2. The Labute approximate surface area is 112 Å². The second-order valence-corrected chi connectivity index (χ2v) is 5.50. The summed E-state index contributed by atoms with van der Waals surface area (Å²) in [4.78, 5) is 26.3. The number of benzene rings is 1. The van der Waals surface area contributed by atoms with Gasteiger partial charge in [-0.15, -0.1) is 0 Å². The molecule has 3 heteroatoms. The van der Waals surface area contributed by atoms with Crippen LogP contribution in [0.2, 0.25) is 0 Å². The molecular formula is C16H17NO2. The fourth-order valence-electron chi connectivity index (χ4n) is 3.10. The third-order valence-electron chi connectivity index (χ3n) is 4.16. The molecule has 3 nitrogen and oxygen atoms in total. The number of anilines is 1. The quantitative estimate of drug-likeness (QED) is 0.571. The third-order valence-corrected chi connectivity index (χ3v) is 4.16. The predicted octanol–water partition coefficient (Wildman–Crippen LogP) is 2.70. The molecule has 3 unspecified atom stereocenters. The Balaban J connectivity index is 1.98. The van der Waals surface area contributed by atoms with Crippen molar-refractivity contribution in [1.82, 2.24) is 0 Å². The van der Waals surface area contributed by atoms with Crippen molar-refractivity contribution in [3.8, 4) is 0 Å². The lowest BCUT2D eigenvalue weighted by atomic mass is 9.78. The first-order valence-electron chi connectivity index (χ1n) is 6.70. The average molecular weight is 255 g/mol. The van der Waals surface area contributed by atoms with Crippen LogP contribution in [0.4, 0.5) is 5.69 Å². The molecule has 0 aromatic heterocycles. The first kappa shape index (κ1) is 12.2. The first-order chi connectivity index (χ1) is 9.09. The number of hydrogen-bond acceptors (Lipinski definition) is 2. The molecule has 0 radical (unpaired) electrons. The maximum atomic E-state index is 12.5. The van der Waals surface area contributed by atoms with Crippen LogP contribution >= 0.6 is 0 Å². The van der Waals surface area contributed by atoms with E-state index in [2.05, 4.69) is 0 Å². The Morgan fingerprint density at radius 2 is 1.79 bits per heavy atom. The van der Waals surface area contributed by atoms with Crippen LogP contribution in [0, 0.1) is 24.7 Å². The van der Waals surface area contributed by atoms with Crippen molar-refractivity contribution in [1.29, 1.82) is 0 Å². The standard InChI is InChI=1S/C16H17NO2/c1-10-6-8-12(9-7-10)17-15(18)13-5-3-4-11(2)14(13)16(17)19/h3-4,6-9,11,13-14H,5H2,1-2H3. The lowest BCUT2D eigenvalue weighted by Gasteiger charge is -2.22. The number of carbonyl (C=O) groups excluding carboxylic acids is 2. The van der Waals surface area contributed by atoms with E-state index < -0.39 is 0 Å². The van der Waals surface area contributed by atoms with Gasteiger partial charge in [0.1, 0.15) is 0 Å². The van der Waals surface area contributed by atoms with Crippen LogP contribution in [0.15, 0.2) is 36.4 Å². The molecule has 1 saturated heterocycles. The zero-order chi connectivity index (χ0) is 13.6. The normalized spacial score (nSPS) is 29.8. The summed E-state index contributed by atoms with van der Waals surface area (Å²) >= 11 is 0. The summed E-state index contributed by atoms with van der Waals surface area (Å²) in [5.74, 6) is -0.302. The van der Waals surface area contributed by atoms with Gasteiger partial charge in [0.15, 0.2) is 0 Å². The molecule has 2 aliphatic rings. The summed E-state index contributed by atoms with van der Waals surface area (Å²) in [5.41, 5.74) is 1.82. The number of fused-ring (bicyclic) bond motifs is 1. The van der Waals surface area contributed by atoms with E-state index >= 15 is 0 Å². The van der Waals surface area contributed by atoms with Crippen LogP contribution < -0.4 is 4.90 Å². The van der Waals surface area contributed by atoms with Crippen LogP contribution in [0.5, 0.6) is 0 Å². The fraction of sp³-hybridized carbons (Fsp3) is 0.375. The van der Waals surface area contributed by atoms with E-state index in [9.17, 15) is 9.59 Å². The molecule has 3 atom stereocenters. The molecule has 0 spiro atoms. The lowest BCUT2D eigenvalue weighted by Crippen LogP contribution is -2.31. The van der Waals surface area contributed by atoms with Crippen molar-refractivity contribution >= 4 is 17.5 Å². The second kappa shape index (κ2) is 4.34. The number of hydrogen-bond donors (Lipinski definition) is 0. The Hall–Kier alpha value is -1.90. The van der Waals surface area contributed by atoms with Gasteiger partial charge in [-0.1, -0.05) is 36.8 Å². The third kappa shape index (κ3) is 1.81. The van der Waals surface area contributed by atoms with Crippen molar-refractivity contribution in [2.45, 2.75) is 20.3 Å². The Morgan fingerprint density at radius 1 is 1.11 bits per heavy atom. The van der Waals surface area contributed by atoms with Crippen molar-refractivity contribution < 1.29 is 9.59 Å². The maximum absolute atomic E-state index is 12.5. The average Bonchev–Trinajstić information content (AvgIpc) is 2.65.